The summed E-state index contributed by atoms with van der Waals surface area (Å²) in [6.45, 7) is -0.133. The summed E-state index contributed by atoms with van der Waals surface area (Å²) < 4.78 is 26.4. The molecule has 0 aliphatic rings. The van der Waals surface area contributed by atoms with Crippen molar-refractivity contribution in [1.29, 1.82) is 0 Å². The number of amides is 1. The van der Waals surface area contributed by atoms with E-state index in [-0.39, 0.29) is 23.5 Å². The molecule has 10 heteroatoms. The monoisotopic (exact) mass is 376 g/mol. The van der Waals surface area contributed by atoms with E-state index < -0.39 is 20.9 Å². The first-order valence-corrected chi connectivity index (χ1v) is 8.98. The van der Waals surface area contributed by atoms with Crippen molar-refractivity contribution in [3.63, 3.8) is 0 Å². The van der Waals surface area contributed by atoms with Crippen LogP contribution in [0.25, 0.3) is 0 Å². The van der Waals surface area contributed by atoms with Gasteiger partial charge in [-0.2, -0.15) is 5.10 Å². The van der Waals surface area contributed by atoms with E-state index in [9.17, 15) is 23.3 Å². The molecule has 0 atom stereocenters. The summed E-state index contributed by atoms with van der Waals surface area (Å²) in [4.78, 5) is 21.5. The number of nitro groups is 1. The van der Waals surface area contributed by atoms with E-state index in [1.165, 1.54) is 6.21 Å². The molecule has 0 bridgehead atoms. The van der Waals surface area contributed by atoms with E-state index in [0.29, 0.717) is 0 Å². The quantitative estimate of drug-likeness (QED) is 0.409. The van der Waals surface area contributed by atoms with Crippen LogP contribution in [0.4, 0.5) is 5.69 Å². The largest absolute Gasteiger partial charge is 0.273 e. The highest BCUT2D eigenvalue weighted by Crippen LogP contribution is 2.15. The number of benzene rings is 2. The van der Waals surface area contributed by atoms with Gasteiger partial charge in [0.1, 0.15) is 0 Å². The van der Waals surface area contributed by atoms with Crippen molar-refractivity contribution in [2.45, 2.75) is 11.3 Å². The van der Waals surface area contributed by atoms with Gasteiger partial charge in [0.05, 0.1) is 16.0 Å². The van der Waals surface area contributed by atoms with Gasteiger partial charge in [-0.05, 0) is 17.7 Å². The number of non-ortho nitro benzene ring substituents is 1. The molecule has 0 unspecified atom stereocenters. The van der Waals surface area contributed by atoms with Crippen molar-refractivity contribution in [3.05, 3.63) is 70.3 Å². The first-order chi connectivity index (χ1) is 12.4. The number of hydrazone groups is 1. The minimum atomic E-state index is -3.85. The lowest BCUT2D eigenvalue weighted by Gasteiger charge is -2.06. The minimum Gasteiger partial charge on any atom is -0.273 e. The third-order valence-corrected chi connectivity index (χ3v) is 4.68. The Morgan fingerprint density at radius 1 is 1.12 bits per heavy atom. The molecule has 0 saturated carbocycles. The Kier molecular flexibility index (Phi) is 6.53. The molecule has 0 heterocycles. The van der Waals surface area contributed by atoms with E-state index in [1.54, 1.807) is 0 Å². The van der Waals surface area contributed by atoms with Crippen LogP contribution < -0.4 is 10.1 Å². The summed E-state index contributed by atoms with van der Waals surface area (Å²) in [5.41, 5.74) is 2.90. The van der Waals surface area contributed by atoms with Gasteiger partial charge in [0.15, 0.2) is 0 Å². The highest BCUT2D eigenvalue weighted by Gasteiger charge is 2.15. The van der Waals surface area contributed by atoms with Gasteiger partial charge < -0.3 is 0 Å². The first kappa shape index (κ1) is 19.2. The molecule has 136 valence electrons. The molecule has 1 amide bonds. The molecule has 0 saturated heterocycles. The number of hydrogen-bond acceptors (Lipinski definition) is 6. The lowest BCUT2D eigenvalue weighted by atomic mass is 10.2. The third kappa shape index (κ3) is 5.76. The summed E-state index contributed by atoms with van der Waals surface area (Å²) in [6.07, 6.45) is 1.36. The maximum atomic E-state index is 12.1. The third-order valence-electron chi connectivity index (χ3n) is 3.20. The molecular formula is C16H16N4O5S. The summed E-state index contributed by atoms with van der Waals surface area (Å²) in [7, 11) is -3.85. The fourth-order valence-electron chi connectivity index (χ4n) is 1.90. The number of sulfonamides is 1. The van der Waals surface area contributed by atoms with E-state index in [0.717, 1.165) is 29.8 Å². The SMILES string of the molecule is O=C(CCNS(=O)(=O)c1ccc([N+](=O)[O-])cc1)NN=Cc1ccccc1. The van der Waals surface area contributed by atoms with Gasteiger partial charge in [0.2, 0.25) is 15.9 Å². The fraction of sp³-hybridized carbons (Fsp3) is 0.125. The van der Waals surface area contributed by atoms with Crippen molar-refractivity contribution in [2.24, 2.45) is 5.10 Å². The zero-order valence-corrected chi connectivity index (χ0v) is 14.3. The minimum absolute atomic E-state index is 0.113. The standard InChI is InChI=1S/C16H16N4O5S/c21-16(19-17-12-13-4-2-1-3-5-13)10-11-18-26(24,25)15-8-6-14(7-9-15)20(22)23/h1-9,12,18H,10-11H2,(H,19,21). The Morgan fingerprint density at radius 3 is 2.38 bits per heavy atom. The zero-order valence-electron chi connectivity index (χ0n) is 13.5. The summed E-state index contributed by atoms with van der Waals surface area (Å²) in [5, 5.41) is 14.3. The highest BCUT2D eigenvalue weighted by atomic mass is 32.2. The van der Waals surface area contributed by atoms with Crippen LogP contribution in [0.3, 0.4) is 0 Å². The Bertz CT molecular complexity index is 896. The molecule has 2 aromatic carbocycles. The van der Waals surface area contributed by atoms with Crippen molar-refractivity contribution in [1.82, 2.24) is 10.1 Å². The van der Waals surface area contributed by atoms with Crippen LogP contribution in [0, 0.1) is 10.1 Å². The van der Waals surface area contributed by atoms with Crippen LogP contribution in [0.15, 0.2) is 64.6 Å². The molecule has 0 aliphatic heterocycles. The second-order valence-electron chi connectivity index (χ2n) is 5.10. The average Bonchev–Trinajstić information content (AvgIpc) is 2.62. The van der Waals surface area contributed by atoms with Crippen molar-refractivity contribution >= 4 is 27.8 Å². The Hall–Kier alpha value is -3.11. The van der Waals surface area contributed by atoms with Gasteiger partial charge >= 0.3 is 0 Å². The van der Waals surface area contributed by atoms with Crippen LogP contribution in [-0.4, -0.2) is 32.0 Å². The maximum Gasteiger partial charge on any atom is 0.269 e. The predicted molar refractivity (Wildman–Crippen MR) is 95.1 cm³/mol. The Balaban J connectivity index is 1.81. The number of hydrogen-bond donors (Lipinski definition) is 2. The van der Waals surface area contributed by atoms with E-state index in [1.807, 2.05) is 30.3 Å². The Morgan fingerprint density at radius 2 is 1.77 bits per heavy atom. The molecule has 0 aliphatic carbocycles. The molecule has 0 radical (unpaired) electrons. The normalized spacial score (nSPS) is 11.4. The smallest absolute Gasteiger partial charge is 0.269 e. The van der Waals surface area contributed by atoms with Gasteiger partial charge in [-0.3, -0.25) is 14.9 Å². The number of nitrogens with one attached hydrogen (secondary N) is 2. The van der Waals surface area contributed by atoms with Gasteiger partial charge in [-0.25, -0.2) is 18.6 Å². The van der Waals surface area contributed by atoms with Crippen molar-refractivity contribution in [3.8, 4) is 0 Å². The summed E-state index contributed by atoms with van der Waals surface area (Å²) >= 11 is 0. The maximum absolute atomic E-state index is 12.1. The van der Waals surface area contributed by atoms with Crippen LogP contribution in [0.1, 0.15) is 12.0 Å². The molecule has 2 aromatic rings. The first-order valence-electron chi connectivity index (χ1n) is 7.49. The topological polar surface area (TPSA) is 131 Å². The number of carbonyl (C=O) groups excluding carboxylic acids is 1. The van der Waals surface area contributed by atoms with Crippen LogP contribution in [0.5, 0.6) is 0 Å². The average molecular weight is 376 g/mol. The van der Waals surface area contributed by atoms with Gasteiger partial charge in [-0.1, -0.05) is 30.3 Å². The highest BCUT2D eigenvalue weighted by molar-refractivity contribution is 7.89. The summed E-state index contributed by atoms with van der Waals surface area (Å²) in [6, 6.07) is 13.6. The van der Waals surface area contributed by atoms with Gasteiger partial charge in [0, 0.05) is 25.1 Å². The van der Waals surface area contributed by atoms with Crippen LogP contribution >= 0.6 is 0 Å². The molecule has 2 N–H and O–H groups in total. The second kappa shape index (κ2) is 8.83. The number of nitro benzene ring substituents is 1. The lowest BCUT2D eigenvalue weighted by molar-refractivity contribution is -0.384. The van der Waals surface area contributed by atoms with E-state index >= 15 is 0 Å². The molecule has 26 heavy (non-hydrogen) atoms. The fourth-order valence-corrected chi connectivity index (χ4v) is 2.93. The van der Waals surface area contributed by atoms with Crippen LogP contribution in [-0.2, 0) is 14.8 Å². The van der Waals surface area contributed by atoms with E-state index in [4.69, 9.17) is 0 Å². The van der Waals surface area contributed by atoms with Crippen molar-refractivity contribution < 1.29 is 18.1 Å². The number of carbonyl (C=O) groups is 1. The molecule has 0 fully saturated rings. The summed E-state index contributed by atoms with van der Waals surface area (Å²) in [5.74, 6) is -0.455. The van der Waals surface area contributed by atoms with Gasteiger partial charge in [0.25, 0.3) is 5.69 Å². The molecule has 2 rings (SSSR count). The number of rotatable bonds is 8. The van der Waals surface area contributed by atoms with E-state index in [2.05, 4.69) is 15.2 Å². The number of nitrogens with zero attached hydrogens (tertiary/aromatic N) is 2. The molecule has 0 aromatic heterocycles. The Labute approximate surface area is 149 Å². The van der Waals surface area contributed by atoms with Crippen LogP contribution in [0.2, 0.25) is 0 Å². The molecule has 9 nitrogen and oxygen atoms in total. The zero-order chi connectivity index (χ0) is 19.0. The second-order valence-corrected chi connectivity index (χ2v) is 6.87. The predicted octanol–water partition coefficient (Wildman–Crippen LogP) is 1.41. The molecular weight excluding hydrogens is 360 g/mol. The van der Waals surface area contributed by atoms with Crippen molar-refractivity contribution in [2.75, 3.05) is 6.54 Å². The lowest BCUT2D eigenvalue weighted by Crippen LogP contribution is -2.29. The molecule has 0 spiro atoms. The van der Waals surface area contributed by atoms with Gasteiger partial charge in [-0.15, -0.1) is 0 Å².